The molecule has 5 nitrogen and oxygen atoms in total. The Morgan fingerprint density at radius 1 is 1.13 bits per heavy atom. The molecule has 0 amide bonds. The van der Waals surface area contributed by atoms with E-state index in [1.54, 1.807) is 15.3 Å². The highest BCUT2D eigenvalue weighted by atomic mass is 16.2. The van der Waals surface area contributed by atoms with Crippen LogP contribution in [-0.2, 0) is 6.54 Å². The van der Waals surface area contributed by atoms with Gasteiger partial charge in [0, 0.05) is 25.3 Å². The van der Waals surface area contributed by atoms with E-state index in [1.165, 1.54) is 51.5 Å². The maximum absolute atomic E-state index is 12.4. The van der Waals surface area contributed by atoms with E-state index in [4.69, 9.17) is 0 Å². The molecule has 0 spiro atoms. The molecule has 2 aromatic rings. The van der Waals surface area contributed by atoms with E-state index in [0.717, 1.165) is 24.2 Å². The zero-order valence-electron chi connectivity index (χ0n) is 13.7. The second-order valence-electron chi connectivity index (χ2n) is 7.16. The van der Waals surface area contributed by atoms with Crippen molar-refractivity contribution in [2.75, 3.05) is 13.1 Å². The van der Waals surface area contributed by atoms with E-state index in [2.05, 4.69) is 10.00 Å². The molecule has 0 radical (unpaired) electrons. The predicted molar refractivity (Wildman–Crippen MR) is 90.6 cm³/mol. The number of hydrogen-bond donors (Lipinski definition) is 0. The van der Waals surface area contributed by atoms with Gasteiger partial charge in [-0.1, -0.05) is 25.3 Å². The molecule has 2 aliphatic carbocycles. The Morgan fingerprint density at radius 3 is 2.70 bits per heavy atom. The van der Waals surface area contributed by atoms with Gasteiger partial charge < -0.3 is 0 Å². The summed E-state index contributed by atoms with van der Waals surface area (Å²) in [4.78, 5) is 15.0. The number of aromatic nitrogens is 3. The molecule has 0 bridgehead atoms. The van der Waals surface area contributed by atoms with Crippen LogP contribution in [0.15, 0.2) is 29.2 Å². The molecule has 5 heteroatoms. The van der Waals surface area contributed by atoms with Crippen LogP contribution in [0.1, 0.15) is 44.9 Å². The van der Waals surface area contributed by atoms with Crippen LogP contribution in [0.4, 0.5) is 0 Å². The van der Waals surface area contributed by atoms with Crippen molar-refractivity contribution in [1.29, 1.82) is 0 Å². The molecule has 0 aliphatic heterocycles. The fourth-order valence-electron chi connectivity index (χ4n) is 3.90. The monoisotopic (exact) mass is 314 g/mol. The lowest BCUT2D eigenvalue weighted by atomic mass is 9.89. The van der Waals surface area contributed by atoms with E-state index in [0.29, 0.717) is 6.54 Å². The third-order valence-corrected chi connectivity index (χ3v) is 5.37. The minimum atomic E-state index is -0.0194. The van der Waals surface area contributed by atoms with Crippen molar-refractivity contribution in [2.24, 2.45) is 5.92 Å². The van der Waals surface area contributed by atoms with Gasteiger partial charge in [0.1, 0.15) is 0 Å². The summed E-state index contributed by atoms with van der Waals surface area (Å²) >= 11 is 0. The quantitative estimate of drug-likeness (QED) is 0.823. The second-order valence-corrected chi connectivity index (χ2v) is 7.16. The molecule has 0 saturated heterocycles. The van der Waals surface area contributed by atoms with Crippen LogP contribution in [0.2, 0.25) is 0 Å². The van der Waals surface area contributed by atoms with Gasteiger partial charge in [0.05, 0.1) is 6.54 Å². The van der Waals surface area contributed by atoms with Crippen molar-refractivity contribution in [2.45, 2.75) is 57.5 Å². The van der Waals surface area contributed by atoms with Crippen molar-refractivity contribution < 1.29 is 0 Å². The van der Waals surface area contributed by atoms with Crippen LogP contribution in [0.25, 0.3) is 5.65 Å². The molecular weight excluding hydrogens is 288 g/mol. The molecule has 2 heterocycles. The average molecular weight is 314 g/mol. The first-order valence-electron chi connectivity index (χ1n) is 9.09. The normalized spacial score (nSPS) is 19.7. The Balaban J connectivity index is 1.42. The summed E-state index contributed by atoms with van der Waals surface area (Å²) in [5, 5.41) is 4.45. The first kappa shape index (κ1) is 14.9. The van der Waals surface area contributed by atoms with Gasteiger partial charge in [-0.05, 0) is 43.7 Å². The highest BCUT2D eigenvalue weighted by molar-refractivity contribution is 5.35. The molecule has 23 heavy (non-hydrogen) atoms. The molecule has 0 unspecified atom stereocenters. The fourth-order valence-corrected chi connectivity index (χ4v) is 3.90. The second kappa shape index (κ2) is 6.48. The Bertz CT molecular complexity index is 709. The highest BCUT2D eigenvalue weighted by Gasteiger charge is 2.30. The van der Waals surface area contributed by atoms with Crippen molar-refractivity contribution >= 4 is 5.65 Å². The molecular formula is C18H26N4O. The largest absolute Gasteiger partial charge is 0.350 e. The zero-order chi connectivity index (χ0) is 15.6. The first-order valence-corrected chi connectivity index (χ1v) is 9.09. The van der Waals surface area contributed by atoms with Crippen LogP contribution < -0.4 is 5.69 Å². The van der Waals surface area contributed by atoms with Crippen molar-refractivity contribution in [3.8, 4) is 0 Å². The lowest BCUT2D eigenvalue weighted by Crippen LogP contribution is -2.36. The molecule has 2 aliphatic rings. The van der Waals surface area contributed by atoms with E-state index in [9.17, 15) is 4.79 Å². The third kappa shape index (κ3) is 3.34. The predicted octanol–water partition coefficient (Wildman–Crippen LogP) is 2.54. The Hall–Kier alpha value is -1.62. The number of nitrogens with zero attached hydrogens (tertiary/aromatic N) is 4. The summed E-state index contributed by atoms with van der Waals surface area (Å²) in [6.07, 6.45) is 11.4. The van der Waals surface area contributed by atoms with Gasteiger partial charge >= 0.3 is 5.69 Å². The minimum absolute atomic E-state index is 0.0194. The highest BCUT2D eigenvalue weighted by Crippen LogP contribution is 2.31. The van der Waals surface area contributed by atoms with Crippen LogP contribution in [0.3, 0.4) is 0 Å². The number of pyridine rings is 1. The van der Waals surface area contributed by atoms with Crippen LogP contribution in [0, 0.1) is 5.92 Å². The topological polar surface area (TPSA) is 42.5 Å². The van der Waals surface area contributed by atoms with Gasteiger partial charge in [-0.2, -0.15) is 0 Å². The van der Waals surface area contributed by atoms with E-state index >= 15 is 0 Å². The van der Waals surface area contributed by atoms with Crippen LogP contribution in [0.5, 0.6) is 0 Å². The third-order valence-electron chi connectivity index (χ3n) is 5.37. The van der Waals surface area contributed by atoms with Gasteiger partial charge in [-0.15, -0.1) is 5.10 Å². The molecule has 4 rings (SSSR count). The lowest BCUT2D eigenvalue weighted by Gasteiger charge is -2.29. The first-order chi connectivity index (χ1) is 11.3. The minimum Gasteiger partial charge on any atom is -0.298 e. The van der Waals surface area contributed by atoms with Crippen molar-refractivity contribution in [3.05, 3.63) is 34.9 Å². The van der Waals surface area contributed by atoms with Crippen LogP contribution in [-0.4, -0.2) is 38.2 Å². The van der Waals surface area contributed by atoms with Crippen LogP contribution >= 0.6 is 0 Å². The Morgan fingerprint density at radius 2 is 1.96 bits per heavy atom. The lowest BCUT2D eigenvalue weighted by molar-refractivity contribution is 0.184. The van der Waals surface area contributed by atoms with Gasteiger partial charge in [-0.3, -0.25) is 9.30 Å². The van der Waals surface area contributed by atoms with E-state index in [1.807, 2.05) is 18.2 Å². The molecule has 0 aromatic carbocycles. The average Bonchev–Trinajstić information content (AvgIpc) is 3.38. The van der Waals surface area contributed by atoms with E-state index < -0.39 is 0 Å². The number of hydrogen-bond acceptors (Lipinski definition) is 3. The summed E-state index contributed by atoms with van der Waals surface area (Å²) in [7, 11) is 0. The standard InChI is InChI=1S/C18H26N4O/c23-18-21-11-5-4-8-17(21)19-22(18)13-12-20(16-9-10-16)14-15-6-2-1-3-7-15/h4-5,8,11,15-16H,1-3,6-7,9-10,12-14H2. The summed E-state index contributed by atoms with van der Waals surface area (Å²) in [6.45, 7) is 2.86. The number of rotatable bonds is 6. The fraction of sp³-hybridized carbons (Fsp3) is 0.667. The summed E-state index contributed by atoms with van der Waals surface area (Å²) in [5.74, 6) is 0.863. The summed E-state index contributed by atoms with van der Waals surface area (Å²) < 4.78 is 3.26. The SMILES string of the molecule is O=c1n(CCN(CC2CCCCC2)C2CC2)nc2ccccn12. The number of fused-ring (bicyclic) bond motifs is 1. The van der Waals surface area contributed by atoms with Gasteiger partial charge in [0.2, 0.25) is 0 Å². The smallest absolute Gasteiger partial charge is 0.298 e. The van der Waals surface area contributed by atoms with Gasteiger partial charge in [-0.25, -0.2) is 9.48 Å². The molecule has 2 aromatic heterocycles. The maximum atomic E-state index is 12.4. The van der Waals surface area contributed by atoms with E-state index in [-0.39, 0.29) is 5.69 Å². The molecule has 2 fully saturated rings. The van der Waals surface area contributed by atoms with Gasteiger partial charge in [0.15, 0.2) is 5.65 Å². The molecule has 124 valence electrons. The molecule has 0 atom stereocenters. The summed E-state index contributed by atoms with van der Waals surface area (Å²) in [5.41, 5.74) is 0.719. The Labute approximate surface area is 136 Å². The van der Waals surface area contributed by atoms with Gasteiger partial charge in [0.25, 0.3) is 0 Å². The molecule has 2 saturated carbocycles. The van der Waals surface area contributed by atoms with Crippen molar-refractivity contribution in [1.82, 2.24) is 19.1 Å². The zero-order valence-corrected chi connectivity index (χ0v) is 13.7. The maximum Gasteiger partial charge on any atom is 0.350 e. The summed E-state index contributed by atoms with van der Waals surface area (Å²) in [6, 6.07) is 6.44. The van der Waals surface area contributed by atoms with Crippen molar-refractivity contribution in [3.63, 3.8) is 0 Å². The Kier molecular flexibility index (Phi) is 4.21. The molecule has 0 N–H and O–H groups in total.